The van der Waals surface area contributed by atoms with Crippen molar-refractivity contribution in [3.63, 3.8) is 0 Å². The van der Waals surface area contributed by atoms with Gasteiger partial charge in [-0.3, -0.25) is 4.18 Å². The number of hydrogen-bond donors (Lipinski definition) is 1. The SMILES string of the molecule is O=S(=O)(NS(=O)(=O)C(F)(F)F)OCCOc1ccc([S+]2CCOCC2)cc1. The van der Waals surface area contributed by atoms with Gasteiger partial charge >= 0.3 is 25.8 Å². The molecule has 1 aliphatic rings. The van der Waals surface area contributed by atoms with E-state index >= 15 is 0 Å². The molecule has 1 aromatic carbocycles. The van der Waals surface area contributed by atoms with Crippen molar-refractivity contribution in [1.29, 1.82) is 0 Å². The molecule has 8 nitrogen and oxygen atoms in total. The van der Waals surface area contributed by atoms with Crippen LogP contribution in [0.15, 0.2) is 29.2 Å². The quantitative estimate of drug-likeness (QED) is 0.459. The fourth-order valence-corrected chi connectivity index (χ4v) is 5.76. The summed E-state index contributed by atoms with van der Waals surface area (Å²) in [4.78, 5) is 1.14. The average molecular weight is 452 g/mol. The summed E-state index contributed by atoms with van der Waals surface area (Å²) in [6.07, 6.45) is 0. The molecule has 0 aliphatic carbocycles. The number of hydrogen-bond acceptors (Lipinski definition) is 7. The zero-order valence-electron chi connectivity index (χ0n) is 13.8. The Morgan fingerprint density at radius 3 is 2.19 bits per heavy atom. The first-order chi connectivity index (χ1) is 12.5. The summed E-state index contributed by atoms with van der Waals surface area (Å²) in [5.74, 6) is 2.30. The van der Waals surface area contributed by atoms with Gasteiger partial charge in [0.2, 0.25) is 0 Å². The minimum Gasteiger partial charge on any atom is -0.491 e. The van der Waals surface area contributed by atoms with Crippen LogP contribution in [0, 0.1) is 0 Å². The molecule has 154 valence electrons. The van der Waals surface area contributed by atoms with Crippen LogP contribution in [-0.2, 0) is 40.1 Å². The molecule has 0 spiro atoms. The van der Waals surface area contributed by atoms with Crippen molar-refractivity contribution in [1.82, 2.24) is 4.13 Å². The lowest BCUT2D eigenvalue weighted by Crippen LogP contribution is -2.41. The second kappa shape index (κ2) is 8.96. The van der Waals surface area contributed by atoms with Crippen LogP contribution in [0.1, 0.15) is 0 Å². The fraction of sp³-hybridized carbons (Fsp3) is 0.538. The first kappa shape index (κ1) is 22.2. The second-order valence-corrected chi connectivity index (χ2v) is 10.7. The van der Waals surface area contributed by atoms with Gasteiger partial charge in [-0.25, -0.2) is 8.42 Å². The summed E-state index contributed by atoms with van der Waals surface area (Å²) in [5, 5.41) is 0. The topological polar surface area (TPSA) is 108 Å². The minimum atomic E-state index is -6.07. The Morgan fingerprint density at radius 2 is 1.63 bits per heavy atom. The molecule has 1 heterocycles. The molecule has 0 unspecified atom stereocenters. The summed E-state index contributed by atoms with van der Waals surface area (Å²) >= 11 is 0. The van der Waals surface area contributed by atoms with Gasteiger partial charge in [-0.1, -0.05) is 4.13 Å². The Morgan fingerprint density at radius 1 is 1.04 bits per heavy atom. The lowest BCUT2D eigenvalue weighted by molar-refractivity contribution is -0.0442. The molecule has 1 saturated heterocycles. The van der Waals surface area contributed by atoms with Crippen LogP contribution >= 0.6 is 0 Å². The monoisotopic (exact) mass is 452 g/mol. The molecule has 0 aromatic heterocycles. The lowest BCUT2D eigenvalue weighted by atomic mass is 10.3. The second-order valence-electron chi connectivity index (χ2n) is 5.14. The van der Waals surface area contributed by atoms with Gasteiger partial charge in [-0.2, -0.15) is 21.6 Å². The molecular weight excluding hydrogens is 435 g/mol. The first-order valence-electron chi connectivity index (χ1n) is 7.47. The van der Waals surface area contributed by atoms with Crippen molar-refractivity contribution in [2.24, 2.45) is 0 Å². The van der Waals surface area contributed by atoms with Crippen LogP contribution in [0.2, 0.25) is 0 Å². The Hall–Kier alpha value is -1.06. The van der Waals surface area contributed by atoms with Gasteiger partial charge in [0, 0.05) is 10.9 Å². The maximum absolute atomic E-state index is 12.1. The van der Waals surface area contributed by atoms with E-state index in [2.05, 4.69) is 4.18 Å². The van der Waals surface area contributed by atoms with Crippen molar-refractivity contribution < 1.29 is 43.7 Å². The number of halogens is 3. The van der Waals surface area contributed by atoms with E-state index in [1.165, 1.54) is 0 Å². The third kappa shape index (κ3) is 6.80. The summed E-state index contributed by atoms with van der Waals surface area (Å²) in [6, 6.07) is 7.11. The highest BCUT2D eigenvalue weighted by molar-refractivity contribution is 8.03. The summed E-state index contributed by atoms with van der Waals surface area (Å²) < 4.78 is 95.5. The van der Waals surface area contributed by atoms with Crippen molar-refractivity contribution in [3.05, 3.63) is 24.3 Å². The van der Waals surface area contributed by atoms with E-state index in [9.17, 15) is 30.0 Å². The van der Waals surface area contributed by atoms with Crippen LogP contribution < -0.4 is 8.86 Å². The average Bonchev–Trinajstić information content (AvgIpc) is 2.58. The number of rotatable bonds is 8. The normalized spacial score (nSPS) is 17.0. The van der Waals surface area contributed by atoms with E-state index in [4.69, 9.17) is 9.47 Å². The molecule has 0 amide bonds. The summed E-state index contributed by atoms with van der Waals surface area (Å²) in [6.45, 7) is 0.439. The van der Waals surface area contributed by atoms with Crippen molar-refractivity contribution in [2.75, 3.05) is 37.9 Å². The third-order valence-corrected chi connectivity index (χ3v) is 8.25. The van der Waals surface area contributed by atoms with Crippen LogP contribution in [0.25, 0.3) is 0 Å². The Kier molecular flexibility index (Phi) is 7.38. The van der Waals surface area contributed by atoms with E-state index < -0.39 is 32.4 Å². The Balaban J connectivity index is 1.79. The number of sulfonamides is 1. The number of benzene rings is 1. The zero-order chi connectivity index (χ0) is 20.1. The highest BCUT2D eigenvalue weighted by atomic mass is 32.3. The first-order valence-corrected chi connectivity index (χ1v) is 11.9. The van der Waals surface area contributed by atoms with Gasteiger partial charge in [0.1, 0.15) is 30.5 Å². The Bertz CT molecular complexity index is 820. The molecule has 0 radical (unpaired) electrons. The van der Waals surface area contributed by atoms with Crippen molar-refractivity contribution >= 4 is 31.2 Å². The maximum Gasteiger partial charge on any atom is 0.512 e. The molecule has 0 bridgehead atoms. The fourth-order valence-electron chi connectivity index (χ4n) is 2.00. The maximum atomic E-state index is 12.1. The van der Waals surface area contributed by atoms with Crippen molar-refractivity contribution in [2.45, 2.75) is 10.4 Å². The lowest BCUT2D eigenvalue weighted by Gasteiger charge is -2.14. The number of ether oxygens (including phenoxy) is 2. The van der Waals surface area contributed by atoms with Crippen LogP contribution in [0.3, 0.4) is 0 Å². The molecule has 27 heavy (non-hydrogen) atoms. The summed E-state index contributed by atoms with van der Waals surface area (Å²) in [5.41, 5.74) is -5.77. The molecule has 1 aromatic rings. The van der Waals surface area contributed by atoms with Crippen LogP contribution in [-0.4, -0.2) is 60.3 Å². The van der Waals surface area contributed by atoms with Crippen LogP contribution in [0.4, 0.5) is 13.2 Å². The molecule has 0 saturated carbocycles. The minimum absolute atomic E-state index is 0.106. The molecule has 14 heteroatoms. The number of alkyl halides is 3. The highest BCUT2D eigenvalue weighted by Crippen LogP contribution is 2.22. The van der Waals surface area contributed by atoms with Gasteiger partial charge < -0.3 is 9.47 Å². The van der Waals surface area contributed by atoms with Gasteiger partial charge in [0.05, 0.1) is 13.2 Å². The molecular formula is C13H17F3NO7S3+. The smallest absolute Gasteiger partial charge is 0.491 e. The van der Waals surface area contributed by atoms with Gasteiger partial charge in [-0.05, 0) is 24.3 Å². The molecule has 0 atom stereocenters. The third-order valence-electron chi connectivity index (χ3n) is 3.21. The van der Waals surface area contributed by atoms with E-state index in [1.54, 1.807) is 12.1 Å². The van der Waals surface area contributed by atoms with Gasteiger partial charge in [-0.15, -0.1) is 0 Å². The number of nitrogens with one attached hydrogen (secondary N) is 1. The highest BCUT2D eigenvalue weighted by Gasteiger charge is 2.48. The van der Waals surface area contributed by atoms with E-state index in [0.29, 0.717) is 23.1 Å². The van der Waals surface area contributed by atoms with Gasteiger partial charge in [0.25, 0.3) is 0 Å². The molecule has 1 N–H and O–H groups in total. The van der Waals surface area contributed by atoms with E-state index in [1.807, 2.05) is 12.1 Å². The van der Waals surface area contributed by atoms with Gasteiger partial charge in [0.15, 0.2) is 4.90 Å². The predicted octanol–water partition coefficient (Wildman–Crippen LogP) is 0.773. The van der Waals surface area contributed by atoms with Crippen LogP contribution in [0.5, 0.6) is 5.75 Å². The standard InChI is InChI=1S/C13H17F3NO7S3/c14-13(15,16)26(18,19)17-27(20,21)24-6-5-23-11-1-3-12(4-2-11)25-9-7-22-8-10-25/h1-4,17H,5-10H2/q+1. The Labute approximate surface area is 157 Å². The molecule has 1 aliphatic heterocycles. The zero-order valence-corrected chi connectivity index (χ0v) is 16.2. The molecule has 2 rings (SSSR count). The van der Waals surface area contributed by atoms with E-state index in [0.717, 1.165) is 16.4 Å². The summed E-state index contributed by atoms with van der Waals surface area (Å²) in [7, 11) is -11.1. The molecule has 1 fully saturated rings. The van der Waals surface area contributed by atoms with Crippen molar-refractivity contribution in [3.8, 4) is 5.75 Å². The predicted molar refractivity (Wildman–Crippen MR) is 91.1 cm³/mol. The van der Waals surface area contributed by atoms with E-state index in [-0.39, 0.29) is 17.5 Å². The largest absolute Gasteiger partial charge is 0.512 e.